The first-order chi connectivity index (χ1) is 18.5. The van der Waals surface area contributed by atoms with Crippen molar-refractivity contribution in [1.29, 1.82) is 0 Å². The summed E-state index contributed by atoms with van der Waals surface area (Å²) in [6.45, 7) is 16.0. The van der Waals surface area contributed by atoms with E-state index in [0.717, 1.165) is 23.0 Å². The van der Waals surface area contributed by atoms with Gasteiger partial charge < -0.3 is 19.1 Å². The van der Waals surface area contributed by atoms with Crippen LogP contribution in [0.2, 0.25) is 0 Å². The summed E-state index contributed by atoms with van der Waals surface area (Å²) in [4.78, 5) is 42.5. The quantitative estimate of drug-likeness (QED) is 0.106. The Labute approximate surface area is 243 Å². The third kappa shape index (κ3) is 12.2. The van der Waals surface area contributed by atoms with Crippen molar-refractivity contribution < 1.29 is 0 Å². The second kappa shape index (κ2) is 17.6. The molecule has 0 saturated heterocycles. The van der Waals surface area contributed by atoms with Gasteiger partial charge in [0.15, 0.2) is 9.93 Å². The highest BCUT2D eigenvalue weighted by Gasteiger charge is 2.08. The molecule has 10 nitrogen and oxygen atoms in total. The summed E-state index contributed by atoms with van der Waals surface area (Å²) in [6, 6.07) is 3.78. The number of aromatic amines is 3. The van der Waals surface area contributed by atoms with Crippen LogP contribution in [0.3, 0.4) is 0 Å². The molecule has 0 fully saturated rings. The van der Waals surface area contributed by atoms with Gasteiger partial charge in [0, 0.05) is 60.4 Å². The minimum Gasteiger partial charge on any atom is -0.336 e. The second-order valence-corrected chi connectivity index (χ2v) is 10.2. The number of hydrogen-bond acceptors (Lipinski definition) is 7. The van der Waals surface area contributed by atoms with Gasteiger partial charge in [-0.05, 0) is 53.8 Å². The molecule has 3 N–H and O–H groups in total. The Morgan fingerprint density at radius 3 is 1.90 bits per heavy atom. The Morgan fingerprint density at radius 2 is 1.44 bits per heavy atom. The fourth-order valence-electron chi connectivity index (χ4n) is 3.19. The van der Waals surface area contributed by atoms with Crippen LogP contribution in [0.15, 0.2) is 51.7 Å². The first kappa shape index (κ1) is 34.1. The van der Waals surface area contributed by atoms with Crippen LogP contribution in [-0.4, -0.2) is 39.0 Å². The largest absolute Gasteiger partial charge is 0.336 e. The van der Waals surface area contributed by atoms with Crippen molar-refractivity contribution in [3.8, 4) is 0 Å². The van der Waals surface area contributed by atoms with E-state index in [-0.39, 0.29) is 11.1 Å². The highest BCUT2D eigenvalue weighted by molar-refractivity contribution is 7.98. The maximum absolute atomic E-state index is 11.3. The SMILES string of the molecule is CC.CC(C)n1ccnc1CCl.Cc1cc(=O)[nH]c(=S)[nH]1.Cc1cc(=O)[nH]c(SCc2nccn2C(C)C)n1. The summed E-state index contributed by atoms with van der Waals surface area (Å²) in [5.41, 5.74) is 1.24. The molecule has 214 valence electrons. The van der Waals surface area contributed by atoms with Crippen LogP contribution in [0.25, 0.3) is 0 Å². The number of hydrogen-bond donors (Lipinski definition) is 3. The lowest BCUT2D eigenvalue weighted by Gasteiger charge is -2.10. The molecule has 0 unspecified atom stereocenters. The summed E-state index contributed by atoms with van der Waals surface area (Å²) in [5.74, 6) is 3.11. The summed E-state index contributed by atoms with van der Waals surface area (Å²) in [5, 5.41) is 0.637. The lowest BCUT2D eigenvalue weighted by molar-refractivity contribution is 0.580. The van der Waals surface area contributed by atoms with Crippen LogP contribution >= 0.6 is 35.6 Å². The lowest BCUT2D eigenvalue weighted by Crippen LogP contribution is -2.09. The first-order valence-electron chi connectivity index (χ1n) is 12.6. The zero-order valence-electron chi connectivity index (χ0n) is 23.8. The molecule has 13 heteroatoms. The molecule has 0 aliphatic carbocycles. The summed E-state index contributed by atoms with van der Waals surface area (Å²) >= 11 is 11.8. The number of halogens is 1. The maximum atomic E-state index is 11.3. The molecule has 0 amide bonds. The van der Waals surface area contributed by atoms with E-state index >= 15 is 0 Å². The number of H-pyrrole nitrogens is 3. The van der Waals surface area contributed by atoms with E-state index in [1.807, 2.05) is 33.2 Å². The normalized spacial score (nSPS) is 10.2. The van der Waals surface area contributed by atoms with Gasteiger partial charge in [0.1, 0.15) is 11.6 Å². The van der Waals surface area contributed by atoms with Crippen LogP contribution in [0.1, 0.15) is 76.7 Å². The standard InChI is InChI=1S/C12H16N4OS.C7H11ClN2.C5H6N2OS.C2H6/c1-8(2)16-5-4-13-10(16)7-18-12-14-9(3)6-11(17)15-12;1-6(2)10-4-3-9-7(10)5-8;1-3-2-4(8)7-5(9)6-3;1-2/h4-6,8H,7H2,1-3H3,(H,14,15,17);3-4,6H,5H2,1-2H3;2H,1H3,(H2,6,7,8,9);1-2H3. The predicted molar refractivity (Wildman–Crippen MR) is 162 cm³/mol. The smallest absolute Gasteiger partial charge is 0.251 e. The van der Waals surface area contributed by atoms with Gasteiger partial charge in [-0.25, -0.2) is 15.0 Å². The van der Waals surface area contributed by atoms with Gasteiger partial charge in [-0.3, -0.25) is 14.6 Å². The molecule has 4 aromatic rings. The average molecular weight is 595 g/mol. The number of aryl methyl sites for hydroxylation is 2. The van der Waals surface area contributed by atoms with Gasteiger partial charge in [0.25, 0.3) is 11.1 Å². The number of thioether (sulfide) groups is 1. The third-order valence-corrected chi connectivity index (χ3v) is 6.12. The summed E-state index contributed by atoms with van der Waals surface area (Å²) < 4.78 is 4.55. The van der Waals surface area contributed by atoms with E-state index in [9.17, 15) is 9.59 Å². The predicted octanol–water partition coefficient (Wildman–Crippen LogP) is 6.12. The number of aromatic nitrogens is 8. The molecular weight excluding hydrogens is 556 g/mol. The van der Waals surface area contributed by atoms with E-state index in [1.54, 1.807) is 19.3 Å². The van der Waals surface area contributed by atoms with Crippen molar-refractivity contribution in [2.24, 2.45) is 0 Å². The molecule has 0 radical (unpaired) electrons. The van der Waals surface area contributed by atoms with E-state index in [4.69, 9.17) is 11.6 Å². The fraction of sp³-hybridized carbons (Fsp3) is 0.462. The Bertz CT molecular complexity index is 1410. The number of rotatable bonds is 6. The molecule has 39 heavy (non-hydrogen) atoms. The van der Waals surface area contributed by atoms with Crippen molar-refractivity contribution >= 4 is 35.6 Å². The molecule has 0 aromatic carbocycles. The van der Waals surface area contributed by atoms with E-state index in [1.165, 1.54) is 23.9 Å². The van der Waals surface area contributed by atoms with Gasteiger partial charge in [-0.2, -0.15) is 0 Å². The van der Waals surface area contributed by atoms with Crippen LogP contribution < -0.4 is 11.1 Å². The van der Waals surface area contributed by atoms with Gasteiger partial charge >= 0.3 is 0 Å². The molecule has 4 rings (SSSR count). The maximum Gasteiger partial charge on any atom is 0.251 e. The molecule has 4 heterocycles. The Balaban J connectivity index is 0.000000307. The molecule has 0 saturated carbocycles. The fourth-order valence-corrected chi connectivity index (χ4v) is 4.53. The van der Waals surface area contributed by atoms with Crippen LogP contribution in [0, 0.1) is 18.6 Å². The van der Waals surface area contributed by atoms with Crippen LogP contribution in [0.5, 0.6) is 0 Å². The zero-order chi connectivity index (χ0) is 29.5. The van der Waals surface area contributed by atoms with E-state index in [0.29, 0.717) is 33.6 Å². The van der Waals surface area contributed by atoms with Gasteiger partial charge in [-0.15, -0.1) is 11.6 Å². The van der Waals surface area contributed by atoms with Crippen molar-refractivity contribution in [2.45, 2.75) is 84.3 Å². The lowest BCUT2D eigenvalue weighted by atomic mass is 10.4. The monoisotopic (exact) mass is 594 g/mol. The third-order valence-electron chi connectivity index (χ3n) is 4.81. The summed E-state index contributed by atoms with van der Waals surface area (Å²) in [7, 11) is 0. The molecule has 0 aliphatic rings. The minimum absolute atomic E-state index is 0.114. The van der Waals surface area contributed by atoms with Crippen molar-refractivity contribution in [2.75, 3.05) is 0 Å². The Hall–Kier alpha value is -2.96. The minimum atomic E-state index is -0.156. The van der Waals surface area contributed by atoms with Gasteiger partial charge in [0.2, 0.25) is 0 Å². The molecule has 4 aromatic heterocycles. The van der Waals surface area contributed by atoms with Gasteiger partial charge in [0.05, 0.1) is 11.6 Å². The van der Waals surface area contributed by atoms with Crippen molar-refractivity contribution in [1.82, 2.24) is 39.0 Å². The molecular formula is C26H39ClN8O2S2. The highest BCUT2D eigenvalue weighted by Crippen LogP contribution is 2.19. The molecule has 0 atom stereocenters. The van der Waals surface area contributed by atoms with Crippen molar-refractivity contribution in [3.05, 3.63) is 85.4 Å². The first-order valence-corrected chi connectivity index (χ1v) is 14.5. The Morgan fingerprint density at radius 1 is 0.897 bits per heavy atom. The van der Waals surface area contributed by atoms with E-state index in [2.05, 4.69) is 79.0 Å². The topological polar surface area (TPSA) is 130 Å². The van der Waals surface area contributed by atoms with E-state index < -0.39 is 0 Å². The number of nitrogens with one attached hydrogen (secondary N) is 3. The molecule has 0 bridgehead atoms. The number of nitrogens with zero attached hydrogens (tertiary/aromatic N) is 5. The Kier molecular flexibility index (Phi) is 15.4. The van der Waals surface area contributed by atoms with Gasteiger partial charge in [-0.1, -0.05) is 25.6 Å². The molecule has 0 aliphatic heterocycles. The average Bonchev–Trinajstić information content (AvgIpc) is 3.53. The van der Waals surface area contributed by atoms with Crippen molar-refractivity contribution in [3.63, 3.8) is 0 Å². The number of imidazole rings is 2. The number of alkyl halides is 1. The highest BCUT2D eigenvalue weighted by atomic mass is 35.5. The second-order valence-electron chi connectivity index (χ2n) is 8.57. The molecule has 0 spiro atoms. The van der Waals surface area contributed by atoms with Crippen LogP contribution in [0.4, 0.5) is 0 Å². The van der Waals surface area contributed by atoms with Crippen LogP contribution in [-0.2, 0) is 11.6 Å². The summed E-state index contributed by atoms with van der Waals surface area (Å²) in [6.07, 6.45) is 7.48. The zero-order valence-corrected chi connectivity index (χ0v) is 26.2.